The van der Waals surface area contributed by atoms with Gasteiger partial charge in [-0.15, -0.1) is 0 Å². The monoisotopic (exact) mass is 309 g/mol. The molecule has 6 nitrogen and oxygen atoms in total. The lowest BCUT2D eigenvalue weighted by Gasteiger charge is -2.27. The first-order chi connectivity index (χ1) is 9.95. The number of carbonyl (C=O) groups excluding carboxylic acids is 1. The smallest absolute Gasteiger partial charge is 0.223 e. The van der Waals surface area contributed by atoms with Crippen LogP contribution in [0.3, 0.4) is 0 Å². The second kappa shape index (κ2) is 5.38. The van der Waals surface area contributed by atoms with Gasteiger partial charge in [-0.25, -0.2) is 8.42 Å². The number of rotatable bonds is 4. The topological polar surface area (TPSA) is 79.4 Å². The van der Waals surface area contributed by atoms with Crippen molar-refractivity contribution < 1.29 is 13.2 Å². The van der Waals surface area contributed by atoms with Gasteiger partial charge >= 0.3 is 0 Å². The molecule has 1 aliphatic heterocycles. The summed E-state index contributed by atoms with van der Waals surface area (Å²) >= 11 is 0. The maximum atomic E-state index is 11.7. The SMILES string of the molecule is CS(=O)(=O)N1CCc2c(CNC(=O)C3CC3)cncc2C1. The Morgan fingerprint density at radius 1 is 1.43 bits per heavy atom. The van der Waals surface area contributed by atoms with Gasteiger partial charge in [0.2, 0.25) is 15.9 Å². The molecule has 0 saturated heterocycles. The standard InChI is InChI=1S/C14H19N3O3S/c1-21(19,20)17-5-4-13-11(6-15-7-12(13)9-17)8-16-14(18)10-2-3-10/h6-7,10H,2-5,8-9H2,1H3,(H,16,18). The van der Waals surface area contributed by atoms with Crippen LogP contribution < -0.4 is 5.32 Å². The third-order valence-electron chi connectivity index (χ3n) is 4.06. The van der Waals surface area contributed by atoms with Gasteiger partial charge in [-0.2, -0.15) is 4.31 Å². The van der Waals surface area contributed by atoms with E-state index in [0.29, 0.717) is 26.1 Å². The van der Waals surface area contributed by atoms with Gasteiger partial charge in [0.1, 0.15) is 0 Å². The molecule has 21 heavy (non-hydrogen) atoms. The number of amides is 1. The Labute approximate surface area is 124 Å². The summed E-state index contributed by atoms with van der Waals surface area (Å²) in [5.41, 5.74) is 3.06. The summed E-state index contributed by atoms with van der Waals surface area (Å²) in [5, 5.41) is 2.94. The molecule has 0 unspecified atom stereocenters. The Hall–Kier alpha value is -1.47. The highest BCUT2D eigenvalue weighted by molar-refractivity contribution is 7.88. The lowest BCUT2D eigenvalue weighted by molar-refractivity contribution is -0.122. The average Bonchev–Trinajstić information content (AvgIpc) is 3.27. The van der Waals surface area contributed by atoms with Crippen LogP contribution in [0.15, 0.2) is 12.4 Å². The van der Waals surface area contributed by atoms with Gasteiger partial charge in [-0.3, -0.25) is 9.78 Å². The van der Waals surface area contributed by atoms with Gasteiger partial charge in [0, 0.05) is 37.9 Å². The van der Waals surface area contributed by atoms with E-state index in [9.17, 15) is 13.2 Å². The lowest BCUT2D eigenvalue weighted by Crippen LogP contribution is -2.36. The molecule has 0 aromatic carbocycles. The normalized spacial score (nSPS) is 19.1. The molecule has 0 atom stereocenters. The van der Waals surface area contributed by atoms with E-state index < -0.39 is 10.0 Å². The molecule has 1 amide bonds. The minimum absolute atomic E-state index is 0.112. The van der Waals surface area contributed by atoms with E-state index >= 15 is 0 Å². The number of pyridine rings is 1. The van der Waals surface area contributed by atoms with Gasteiger partial charge < -0.3 is 5.32 Å². The van der Waals surface area contributed by atoms with Crippen LogP contribution in [-0.2, 0) is 34.3 Å². The van der Waals surface area contributed by atoms with Crippen molar-refractivity contribution in [3.63, 3.8) is 0 Å². The molecule has 3 rings (SSSR count). The van der Waals surface area contributed by atoms with Crippen LogP contribution in [0.25, 0.3) is 0 Å². The summed E-state index contributed by atoms with van der Waals surface area (Å²) in [7, 11) is -3.17. The summed E-state index contributed by atoms with van der Waals surface area (Å²) in [5.74, 6) is 0.305. The maximum absolute atomic E-state index is 11.7. The molecule has 1 saturated carbocycles. The third-order valence-corrected chi connectivity index (χ3v) is 5.31. The van der Waals surface area contributed by atoms with Crippen molar-refractivity contribution in [2.24, 2.45) is 5.92 Å². The summed E-state index contributed by atoms with van der Waals surface area (Å²) in [6.07, 6.45) is 7.35. The van der Waals surface area contributed by atoms with Crippen LogP contribution >= 0.6 is 0 Å². The van der Waals surface area contributed by atoms with Gasteiger partial charge in [0.25, 0.3) is 0 Å². The fourth-order valence-corrected chi connectivity index (χ4v) is 3.45. The number of fused-ring (bicyclic) bond motifs is 1. The Morgan fingerprint density at radius 3 is 2.86 bits per heavy atom. The molecule has 2 aliphatic rings. The summed E-state index contributed by atoms with van der Waals surface area (Å²) in [6.45, 7) is 1.33. The number of hydrogen-bond acceptors (Lipinski definition) is 4. The quantitative estimate of drug-likeness (QED) is 0.874. The molecule has 7 heteroatoms. The Kier molecular flexibility index (Phi) is 3.71. The molecule has 1 aromatic rings. The van der Waals surface area contributed by atoms with E-state index in [1.807, 2.05) is 0 Å². The molecule has 114 valence electrons. The fourth-order valence-electron chi connectivity index (χ4n) is 2.65. The van der Waals surface area contributed by atoms with Crippen molar-refractivity contribution in [1.29, 1.82) is 0 Å². The van der Waals surface area contributed by atoms with Crippen LogP contribution in [0.4, 0.5) is 0 Å². The van der Waals surface area contributed by atoms with Gasteiger partial charge in [0.15, 0.2) is 0 Å². The van der Waals surface area contributed by atoms with Gasteiger partial charge in [-0.05, 0) is 36.0 Å². The van der Waals surface area contributed by atoms with E-state index in [1.165, 1.54) is 10.6 Å². The average molecular weight is 309 g/mol. The molecule has 1 aliphatic carbocycles. The predicted molar refractivity (Wildman–Crippen MR) is 77.8 cm³/mol. The van der Waals surface area contributed by atoms with Crippen LogP contribution in [0.5, 0.6) is 0 Å². The first kappa shape index (κ1) is 14.5. The van der Waals surface area contributed by atoms with Crippen LogP contribution in [0.2, 0.25) is 0 Å². The first-order valence-electron chi connectivity index (χ1n) is 7.12. The van der Waals surface area contributed by atoms with E-state index in [-0.39, 0.29) is 11.8 Å². The van der Waals surface area contributed by atoms with Crippen LogP contribution in [0, 0.1) is 5.92 Å². The molecule has 0 radical (unpaired) electrons. The number of carbonyl (C=O) groups is 1. The number of sulfonamides is 1. The minimum Gasteiger partial charge on any atom is -0.352 e. The zero-order chi connectivity index (χ0) is 15.0. The van der Waals surface area contributed by atoms with Crippen molar-refractivity contribution in [3.05, 3.63) is 29.1 Å². The zero-order valence-corrected chi connectivity index (χ0v) is 12.8. The maximum Gasteiger partial charge on any atom is 0.223 e. The minimum atomic E-state index is -3.17. The van der Waals surface area contributed by atoms with Crippen molar-refractivity contribution in [1.82, 2.24) is 14.6 Å². The highest BCUT2D eigenvalue weighted by atomic mass is 32.2. The second-order valence-corrected chi connectivity index (χ2v) is 7.76. The van der Waals surface area contributed by atoms with Gasteiger partial charge in [-0.1, -0.05) is 0 Å². The lowest BCUT2D eigenvalue weighted by atomic mass is 9.98. The van der Waals surface area contributed by atoms with Crippen molar-refractivity contribution >= 4 is 15.9 Å². The molecule has 0 bridgehead atoms. The van der Waals surface area contributed by atoms with E-state index in [2.05, 4.69) is 10.3 Å². The van der Waals surface area contributed by atoms with Crippen molar-refractivity contribution in [2.75, 3.05) is 12.8 Å². The highest BCUT2D eigenvalue weighted by Gasteiger charge is 2.30. The Balaban J connectivity index is 1.74. The Bertz CT molecular complexity index is 668. The van der Waals surface area contributed by atoms with Gasteiger partial charge in [0.05, 0.1) is 6.26 Å². The van der Waals surface area contributed by atoms with E-state index in [1.54, 1.807) is 12.4 Å². The third kappa shape index (κ3) is 3.24. The zero-order valence-electron chi connectivity index (χ0n) is 12.0. The van der Waals surface area contributed by atoms with Crippen molar-refractivity contribution in [2.45, 2.75) is 32.4 Å². The molecular formula is C14H19N3O3S. The largest absolute Gasteiger partial charge is 0.352 e. The Morgan fingerprint density at radius 2 is 2.19 bits per heavy atom. The molecule has 1 fully saturated rings. The second-order valence-electron chi connectivity index (χ2n) is 5.77. The first-order valence-corrected chi connectivity index (χ1v) is 8.97. The highest BCUT2D eigenvalue weighted by Crippen LogP contribution is 2.29. The molecule has 0 spiro atoms. The summed E-state index contributed by atoms with van der Waals surface area (Å²) < 4.78 is 24.7. The molecule has 2 heterocycles. The van der Waals surface area contributed by atoms with Crippen molar-refractivity contribution in [3.8, 4) is 0 Å². The number of aromatic nitrogens is 1. The van der Waals surface area contributed by atoms with Crippen LogP contribution in [0.1, 0.15) is 29.5 Å². The predicted octanol–water partition coefficient (Wildman–Crippen LogP) is 0.425. The number of hydrogen-bond donors (Lipinski definition) is 1. The molecule has 1 N–H and O–H groups in total. The van der Waals surface area contributed by atoms with E-state index in [0.717, 1.165) is 29.5 Å². The summed E-state index contributed by atoms with van der Waals surface area (Å²) in [4.78, 5) is 15.9. The molecule has 1 aromatic heterocycles. The van der Waals surface area contributed by atoms with E-state index in [4.69, 9.17) is 0 Å². The number of nitrogens with zero attached hydrogens (tertiary/aromatic N) is 2. The fraction of sp³-hybridized carbons (Fsp3) is 0.571. The number of nitrogens with one attached hydrogen (secondary N) is 1. The molecular weight excluding hydrogens is 290 g/mol. The summed E-state index contributed by atoms with van der Waals surface area (Å²) in [6, 6.07) is 0. The van der Waals surface area contributed by atoms with Crippen LogP contribution in [-0.4, -0.2) is 36.4 Å².